The van der Waals surface area contributed by atoms with Crippen LogP contribution < -0.4 is 5.32 Å². The Bertz CT molecular complexity index is 621. The molecule has 0 radical (unpaired) electrons. The number of hydrogen-bond donors (Lipinski definition) is 2. The Morgan fingerprint density at radius 2 is 1.95 bits per heavy atom. The van der Waals surface area contributed by atoms with Gasteiger partial charge in [0, 0.05) is 15.2 Å². The highest BCUT2D eigenvalue weighted by Crippen LogP contribution is 2.31. The Labute approximate surface area is 136 Å². The second-order valence-corrected chi connectivity index (χ2v) is 6.45. The molecule has 0 bridgehead atoms. The van der Waals surface area contributed by atoms with Gasteiger partial charge in [-0.05, 0) is 58.7 Å². The molecule has 5 heteroatoms. The van der Waals surface area contributed by atoms with Crippen molar-refractivity contribution in [3.8, 4) is 0 Å². The number of halogens is 3. The zero-order valence-electron chi connectivity index (χ0n) is 10.8. The Hall–Kier alpha value is -0.740. The van der Waals surface area contributed by atoms with E-state index in [9.17, 15) is 5.11 Å². The van der Waals surface area contributed by atoms with Crippen LogP contribution in [0.4, 0.5) is 5.69 Å². The molecule has 0 spiro atoms. The van der Waals surface area contributed by atoms with Crippen LogP contribution in [0.2, 0.25) is 10.0 Å². The standard InChI is InChI=1S/C15H14BrCl2NO/c1-15(9-20,10-3-2-4-11(17)7-10)19-12-5-6-14(18)13(16)8-12/h2-8,19-20H,9H2,1H3. The van der Waals surface area contributed by atoms with E-state index in [1.54, 1.807) is 6.07 Å². The van der Waals surface area contributed by atoms with Crippen molar-refractivity contribution in [2.75, 3.05) is 11.9 Å². The molecule has 2 rings (SSSR count). The molecule has 2 aromatic rings. The highest BCUT2D eigenvalue weighted by Gasteiger charge is 2.26. The third-order valence-electron chi connectivity index (χ3n) is 3.12. The van der Waals surface area contributed by atoms with Crippen LogP contribution in [0.5, 0.6) is 0 Å². The van der Waals surface area contributed by atoms with Crippen molar-refractivity contribution in [1.29, 1.82) is 0 Å². The summed E-state index contributed by atoms with van der Waals surface area (Å²) < 4.78 is 0.801. The normalized spacial score (nSPS) is 13.8. The number of hydrogen-bond acceptors (Lipinski definition) is 2. The maximum Gasteiger partial charge on any atom is 0.0828 e. The molecule has 0 saturated carbocycles. The van der Waals surface area contributed by atoms with Crippen LogP contribution >= 0.6 is 39.1 Å². The lowest BCUT2D eigenvalue weighted by atomic mass is 9.92. The van der Waals surface area contributed by atoms with Crippen molar-refractivity contribution in [3.63, 3.8) is 0 Å². The van der Waals surface area contributed by atoms with Gasteiger partial charge in [0.05, 0.1) is 17.2 Å². The van der Waals surface area contributed by atoms with Crippen LogP contribution in [0.3, 0.4) is 0 Å². The van der Waals surface area contributed by atoms with Crippen molar-refractivity contribution in [2.24, 2.45) is 0 Å². The first kappa shape index (κ1) is 15.6. The average Bonchev–Trinajstić information content (AvgIpc) is 2.43. The van der Waals surface area contributed by atoms with E-state index >= 15 is 0 Å². The summed E-state index contributed by atoms with van der Waals surface area (Å²) in [7, 11) is 0. The van der Waals surface area contributed by atoms with Crippen molar-refractivity contribution < 1.29 is 5.11 Å². The summed E-state index contributed by atoms with van der Waals surface area (Å²) in [5.74, 6) is 0. The van der Waals surface area contributed by atoms with Gasteiger partial charge in [0.1, 0.15) is 0 Å². The first-order valence-corrected chi connectivity index (χ1v) is 7.60. The van der Waals surface area contributed by atoms with E-state index in [0.717, 1.165) is 15.7 Å². The van der Waals surface area contributed by atoms with Crippen LogP contribution in [0, 0.1) is 0 Å². The lowest BCUT2D eigenvalue weighted by Gasteiger charge is -2.31. The molecule has 2 aromatic carbocycles. The SMILES string of the molecule is CC(CO)(Nc1ccc(Cl)c(Br)c1)c1cccc(Cl)c1. The summed E-state index contributed by atoms with van der Waals surface area (Å²) in [4.78, 5) is 0. The molecule has 2 N–H and O–H groups in total. The van der Waals surface area contributed by atoms with Gasteiger partial charge in [-0.2, -0.15) is 0 Å². The molecular weight excluding hydrogens is 361 g/mol. The van der Waals surface area contributed by atoms with Gasteiger partial charge in [0.2, 0.25) is 0 Å². The number of anilines is 1. The van der Waals surface area contributed by atoms with Gasteiger partial charge in [0.15, 0.2) is 0 Å². The van der Waals surface area contributed by atoms with Crippen LogP contribution in [0.1, 0.15) is 12.5 Å². The largest absolute Gasteiger partial charge is 0.394 e. The topological polar surface area (TPSA) is 32.3 Å². The van der Waals surface area contributed by atoms with Gasteiger partial charge >= 0.3 is 0 Å². The molecule has 0 aliphatic rings. The van der Waals surface area contributed by atoms with E-state index < -0.39 is 5.54 Å². The number of benzene rings is 2. The van der Waals surface area contributed by atoms with Crippen LogP contribution in [0.15, 0.2) is 46.9 Å². The van der Waals surface area contributed by atoms with Crippen molar-refractivity contribution in [2.45, 2.75) is 12.5 Å². The summed E-state index contributed by atoms with van der Waals surface area (Å²) in [5, 5.41) is 14.4. The Balaban J connectivity index is 2.33. The summed E-state index contributed by atoms with van der Waals surface area (Å²) in [6.07, 6.45) is 0. The molecule has 0 fully saturated rings. The van der Waals surface area contributed by atoms with Gasteiger partial charge in [-0.3, -0.25) is 0 Å². The molecule has 2 nitrogen and oxygen atoms in total. The first-order chi connectivity index (χ1) is 9.44. The summed E-state index contributed by atoms with van der Waals surface area (Å²) in [6.45, 7) is 1.86. The van der Waals surface area contributed by atoms with E-state index in [1.165, 1.54) is 0 Å². The highest BCUT2D eigenvalue weighted by molar-refractivity contribution is 9.10. The lowest BCUT2D eigenvalue weighted by Crippen LogP contribution is -2.35. The molecule has 0 saturated heterocycles. The summed E-state index contributed by atoms with van der Waals surface area (Å²) >= 11 is 15.4. The molecule has 0 heterocycles. The molecule has 0 amide bonds. The number of aliphatic hydroxyl groups excluding tert-OH is 1. The number of rotatable bonds is 4. The zero-order chi connectivity index (χ0) is 14.8. The highest BCUT2D eigenvalue weighted by atomic mass is 79.9. The van der Waals surface area contributed by atoms with Crippen molar-refractivity contribution in [3.05, 3.63) is 62.5 Å². The van der Waals surface area contributed by atoms with Gasteiger partial charge in [-0.25, -0.2) is 0 Å². The predicted molar refractivity (Wildman–Crippen MR) is 88.7 cm³/mol. The Morgan fingerprint density at radius 1 is 1.20 bits per heavy atom. The lowest BCUT2D eigenvalue weighted by molar-refractivity contribution is 0.224. The number of nitrogens with one attached hydrogen (secondary N) is 1. The minimum absolute atomic E-state index is 0.0619. The third kappa shape index (κ3) is 3.47. The second kappa shape index (κ2) is 6.35. The molecule has 0 aliphatic carbocycles. The average molecular weight is 375 g/mol. The van der Waals surface area contributed by atoms with E-state index in [-0.39, 0.29) is 6.61 Å². The van der Waals surface area contributed by atoms with Gasteiger partial charge in [0.25, 0.3) is 0 Å². The maximum absolute atomic E-state index is 9.77. The van der Waals surface area contributed by atoms with Crippen LogP contribution in [-0.4, -0.2) is 11.7 Å². The molecule has 1 unspecified atom stereocenters. The second-order valence-electron chi connectivity index (χ2n) is 4.75. The quantitative estimate of drug-likeness (QED) is 0.782. The molecule has 0 aromatic heterocycles. The van der Waals surface area contributed by atoms with Crippen molar-refractivity contribution in [1.82, 2.24) is 0 Å². The van der Waals surface area contributed by atoms with E-state index in [1.807, 2.05) is 43.3 Å². The van der Waals surface area contributed by atoms with Gasteiger partial charge in [-0.1, -0.05) is 35.3 Å². The van der Waals surface area contributed by atoms with E-state index in [2.05, 4.69) is 21.2 Å². The number of aliphatic hydroxyl groups is 1. The predicted octanol–water partition coefficient (Wildman–Crippen LogP) is 5.08. The van der Waals surface area contributed by atoms with E-state index in [4.69, 9.17) is 23.2 Å². The molecule has 1 atom stereocenters. The Kier molecular flexibility index (Phi) is 4.97. The molecular formula is C15H14BrCl2NO. The molecule has 0 aliphatic heterocycles. The van der Waals surface area contributed by atoms with Gasteiger partial charge < -0.3 is 10.4 Å². The first-order valence-electron chi connectivity index (χ1n) is 6.05. The maximum atomic E-state index is 9.77. The minimum atomic E-state index is -0.627. The summed E-state index contributed by atoms with van der Waals surface area (Å²) in [6, 6.07) is 13.0. The van der Waals surface area contributed by atoms with Crippen LogP contribution in [0.25, 0.3) is 0 Å². The van der Waals surface area contributed by atoms with Gasteiger partial charge in [-0.15, -0.1) is 0 Å². The fourth-order valence-corrected chi connectivity index (χ4v) is 2.61. The monoisotopic (exact) mass is 373 g/mol. The summed E-state index contributed by atoms with van der Waals surface area (Å²) in [5.41, 5.74) is 1.15. The zero-order valence-corrected chi connectivity index (χ0v) is 13.9. The van der Waals surface area contributed by atoms with Crippen molar-refractivity contribution >= 4 is 44.8 Å². The van der Waals surface area contributed by atoms with Crippen LogP contribution in [-0.2, 0) is 5.54 Å². The fourth-order valence-electron chi connectivity index (χ4n) is 1.93. The molecule has 20 heavy (non-hydrogen) atoms. The minimum Gasteiger partial charge on any atom is -0.394 e. The fraction of sp³-hybridized carbons (Fsp3) is 0.200. The molecule has 106 valence electrons. The Morgan fingerprint density at radius 3 is 2.55 bits per heavy atom. The van der Waals surface area contributed by atoms with E-state index in [0.29, 0.717) is 10.0 Å². The smallest absolute Gasteiger partial charge is 0.0828 e. The third-order valence-corrected chi connectivity index (χ3v) is 4.57.